The first kappa shape index (κ1) is 48.5. The number of aldehydes is 1. The zero-order valence-electron chi connectivity index (χ0n) is 36.9. The monoisotopic (exact) mass is 897 g/mol. The van der Waals surface area contributed by atoms with Crippen LogP contribution in [0.5, 0.6) is 23.0 Å². The van der Waals surface area contributed by atoms with Crippen LogP contribution in [0, 0.1) is 27.9 Å². The number of allylic oxidation sites excluding steroid dienone is 1. The molecule has 0 radical (unpaired) electrons. The van der Waals surface area contributed by atoms with Gasteiger partial charge in [0.05, 0.1) is 55.7 Å². The van der Waals surface area contributed by atoms with Gasteiger partial charge in [0.2, 0.25) is 11.7 Å². The Balaban J connectivity index is 1.55. The molecule has 2 aliphatic carbocycles. The zero-order valence-corrected chi connectivity index (χ0v) is 36.9. The number of methoxy groups -OCH3 is 1. The molecular weight excluding hydrogens is 839 g/mol. The number of amides is 1. The number of ether oxygens (including phenoxy) is 5. The maximum Gasteiger partial charge on any atom is 0.269 e. The maximum atomic E-state index is 14.8. The van der Waals surface area contributed by atoms with Crippen LogP contribution in [0.15, 0.2) is 96.2 Å². The molecule has 65 heavy (non-hydrogen) atoms. The predicted molar refractivity (Wildman–Crippen MR) is 242 cm³/mol. The van der Waals surface area contributed by atoms with Crippen LogP contribution < -0.4 is 14.2 Å². The van der Waals surface area contributed by atoms with Gasteiger partial charge in [-0.3, -0.25) is 19.7 Å². The number of fused-ring (bicyclic) bond motifs is 2. The van der Waals surface area contributed by atoms with Crippen molar-refractivity contribution in [3.63, 3.8) is 0 Å². The lowest BCUT2D eigenvalue weighted by Gasteiger charge is -2.60. The van der Waals surface area contributed by atoms with E-state index in [1.807, 2.05) is 12.1 Å². The van der Waals surface area contributed by atoms with Crippen LogP contribution in [0.2, 0.25) is 0 Å². The molecule has 1 heterocycles. The molecular formula is C49H59N3O13. The first-order chi connectivity index (χ1) is 31.7. The normalized spacial score (nSPS) is 22.6. The number of nitrogens with zero attached hydrogens (tertiary/aromatic N) is 3. The number of benzene rings is 3. The van der Waals surface area contributed by atoms with Gasteiger partial charge in [-0.2, -0.15) is 0 Å². The minimum absolute atomic E-state index is 0.00582. The van der Waals surface area contributed by atoms with E-state index in [0.717, 1.165) is 36.8 Å². The fourth-order valence-electron chi connectivity index (χ4n) is 9.55. The van der Waals surface area contributed by atoms with Crippen LogP contribution in [0.1, 0.15) is 72.3 Å². The summed E-state index contributed by atoms with van der Waals surface area (Å²) in [4.78, 5) is 44.7. The summed E-state index contributed by atoms with van der Waals surface area (Å²) < 4.78 is 31.8. The number of aliphatic hydroxyl groups excluding tert-OH is 3. The van der Waals surface area contributed by atoms with Gasteiger partial charge in [0, 0.05) is 55.9 Å². The number of non-ortho nitro benzene ring substituents is 1. The molecule has 0 unspecified atom stereocenters. The van der Waals surface area contributed by atoms with E-state index in [2.05, 4.69) is 17.8 Å². The molecule has 0 aromatic heterocycles. The highest BCUT2D eigenvalue weighted by atomic mass is 16.7. The lowest BCUT2D eigenvalue weighted by Crippen LogP contribution is -2.70. The Bertz CT molecular complexity index is 2210. The second-order valence-electron chi connectivity index (χ2n) is 16.1. The number of hydrogen-bond donors (Lipinski definition) is 3. The van der Waals surface area contributed by atoms with Gasteiger partial charge in [0.25, 0.3) is 5.69 Å². The van der Waals surface area contributed by atoms with Gasteiger partial charge in [-0.05, 0) is 103 Å². The van der Waals surface area contributed by atoms with Crippen LogP contribution in [0.4, 0.5) is 5.69 Å². The van der Waals surface area contributed by atoms with E-state index >= 15 is 0 Å². The molecule has 1 saturated carbocycles. The molecule has 1 amide bonds. The lowest BCUT2D eigenvalue weighted by molar-refractivity contribution is -0.384. The number of carbonyl (C=O) groups excluding carboxylic acids is 2. The molecule has 16 heteroatoms. The molecule has 348 valence electrons. The lowest BCUT2D eigenvalue weighted by atomic mass is 9.55. The molecule has 3 aliphatic rings. The van der Waals surface area contributed by atoms with Crippen LogP contribution in [0.3, 0.4) is 0 Å². The fraction of sp³-hybridized carbons (Fsp3) is 0.449. The second kappa shape index (κ2) is 23.3. The fourth-order valence-corrected chi connectivity index (χ4v) is 9.55. The van der Waals surface area contributed by atoms with Gasteiger partial charge < -0.3 is 48.7 Å². The standard InChI is InChI=1S/C49H59N3O13/c1-4-25-63-49-45(51(21-26-62-27-24-55)46(57)20-13-33-11-14-36(15-12-33)52(58)59)31-42(50-61-3)40-29-34(9-5-7-22-53)39(10-6-8-23-54)47(48(40)49)41-30-38(17-19-44(41)65-49)64-37-16-18-43(60-2)35(28-37)32-56/h4,11-20,28-30,32,34,39,45,47-48,53-55H,1,5-10,21-27,31H2,2-3H3/t34-,39+,45-,47+,48+,49+/m0/s1. The molecule has 16 nitrogen and oxygen atoms in total. The number of rotatable bonds is 25. The van der Waals surface area contributed by atoms with Gasteiger partial charge in [0.15, 0.2) is 6.29 Å². The number of nitro groups is 1. The summed E-state index contributed by atoms with van der Waals surface area (Å²) in [5.41, 5.74) is 3.09. The van der Waals surface area contributed by atoms with E-state index < -0.39 is 28.6 Å². The quantitative estimate of drug-likeness (QED) is 0.0195. The second-order valence-corrected chi connectivity index (χ2v) is 16.1. The molecule has 0 spiro atoms. The number of unbranched alkanes of at least 4 members (excludes halogenated alkanes) is 2. The predicted octanol–water partition coefficient (Wildman–Crippen LogP) is 7.02. The number of oxime groups is 1. The van der Waals surface area contributed by atoms with Crippen molar-refractivity contribution in [2.45, 2.75) is 62.7 Å². The van der Waals surface area contributed by atoms with Crippen LogP contribution in [0.25, 0.3) is 6.08 Å². The summed E-state index contributed by atoms with van der Waals surface area (Å²) in [6, 6.07) is 15.5. The van der Waals surface area contributed by atoms with Crippen molar-refractivity contribution in [2.24, 2.45) is 22.9 Å². The largest absolute Gasteiger partial charge is 0.496 e. The molecule has 3 aromatic carbocycles. The Morgan fingerprint density at radius 2 is 1.72 bits per heavy atom. The van der Waals surface area contributed by atoms with Crippen molar-refractivity contribution in [2.75, 3.05) is 60.4 Å². The van der Waals surface area contributed by atoms with Crippen molar-refractivity contribution in [3.05, 3.63) is 118 Å². The maximum absolute atomic E-state index is 14.8. The summed E-state index contributed by atoms with van der Waals surface area (Å²) in [5, 5.41) is 45.3. The third-order valence-corrected chi connectivity index (χ3v) is 12.3. The van der Waals surface area contributed by atoms with Gasteiger partial charge >= 0.3 is 0 Å². The summed E-state index contributed by atoms with van der Waals surface area (Å²) >= 11 is 0. The molecule has 6 atom stereocenters. The highest BCUT2D eigenvalue weighted by Gasteiger charge is 2.65. The topological polar surface area (TPSA) is 209 Å². The first-order valence-corrected chi connectivity index (χ1v) is 22.0. The molecule has 1 aliphatic heterocycles. The molecule has 6 rings (SSSR count). The average molecular weight is 898 g/mol. The molecule has 3 N–H and O–H groups in total. The van der Waals surface area contributed by atoms with Crippen LogP contribution in [-0.2, 0) is 19.1 Å². The average Bonchev–Trinajstić information content (AvgIpc) is 3.32. The van der Waals surface area contributed by atoms with Gasteiger partial charge in [-0.15, -0.1) is 6.58 Å². The smallest absolute Gasteiger partial charge is 0.269 e. The zero-order chi connectivity index (χ0) is 46.3. The van der Waals surface area contributed by atoms with E-state index in [-0.39, 0.29) is 76.0 Å². The van der Waals surface area contributed by atoms with Crippen LogP contribution in [-0.4, -0.2) is 115 Å². The number of aliphatic hydroxyl groups is 3. The summed E-state index contributed by atoms with van der Waals surface area (Å²) in [7, 11) is 2.96. The molecule has 3 aromatic rings. The first-order valence-electron chi connectivity index (χ1n) is 22.0. The number of nitro benzene ring substituents is 1. The highest BCUT2D eigenvalue weighted by Crippen LogP contribution is 2.62. The summed E-state index contributed by atoms with van der Waals surface area (Å²) in [6.07, 6.45) is 11.9. The molecule has 1 fully saturated rings. The molecule has 0 bridgehead atoms. The Labute approximate surface area is 378 Å². The van der Waals surface area contributed by atoms with Crippen molar-refractivity contribution in [1.82, 2.24) is 4.90 Å². The minimum atomic E-state index is -1.55. The number of carbonyl (C=O) groups is 2. The van der Waals surface area contributed by atoms with E-state index in [4.69, 9.17) is 28.5 Å². The third kappa shape index (κ3) is 11.1. The van der Waals surface area contributed by atoms with E-state index in [9.17, 15) is 35.0 Å². The highest BCUT2D eigenvalue weighted by molar-refractivity contribution is 6.03. The van der Waals surface area contributed by atoms with Crippen molar-refractivity contribution < 1.29 is 58.4 Å². The van der Waals surface area contributed by atoms with Gasteiger partial charge in [-0.25, -0.2) is 0 Å². The van der Waals surface area contributed by atoms with Gasteiger partial charge in [0.1, 0.15) is 36.1 Å². The Kier molecular flexibility index (Phi) is 17.4. The van der Waals surface area contributed by atoms with Crippen molar-refractivity contribution in [3.8, 4) is 23.0 Å². The van der Waals surface area contributed by atoms with E-state index in [1.165, 1.54) is 32.4 Å². The Morgan fingerprint density at radius 1 is 0.985 bits per heavy atom. The Hall–Kier alpha value is -5.91. The van der Waals surface area contributed by atoms with E-state index in [0.29, 0.717) is 59.0 Å². The van der Waals surface area contributed by atoms with Gasteiger partial charge in [-0.1, -0.05) is 30.1 Å². The summed E-state index contributed by atoms with van der Waals surface area (Å²) in [5.74, 6) is -1.14. The van der Waals surface area contributed by atoms with E-state index in [1.54, 1.807) is 53.5 Å². The SMILES string of the molecule is C=CCO[C@@]12Oc3ccc(Oc4ccc(OC)c(C=O)c4)cc3[C@H]3[C@H](CCCCO)[C@@H](CCCCO)C=C(C(=NOC)C[C@@H]1N(CCOCCO)C(=O)C=Cc1ccc([N+](=O)[O-])cc1)[C@H]32. The third-order valence-electron chi connectivity index (χ3n) is 12.3. The van der Waals surface area contributed by atoms with Crippen molar-refractivity contribution in [1.29, 1.82) is 0 Å². The van der Waals surface area contributed by atoms with Crippen molar-refractivity contribution >= 4 is 29.7 Å². The minimum Gasteiger partial charge on any atom is -0.496 e. The number of hydrogen-bond acceptors (Lipinski definition) is 14. The summed E-state index contributed by atoms with van der Waals surface area (Å²) in [6.45, 7) is 4.06. The Morgan fingerprint density at radius 3 is 2.40 bits per heavy atom. The molecule has 0 saturated heterocycles. The van der Waals surface area contributed by atoms with Crippen LogP contribution >= 0.6 is 0 Å².